The first-order valence-corrected chi connectivity index (χ1v) is 7.39. The van der Waals surface area contributed by atoms with Crippen LogP contribution in [0.1, 0.15) is 0 Å². The van der Waals surface area contributed by atoms with E-state index in [1.165, 1.54) is 19.2 Å². The monoisotopic (exact) mass is 306 g/mol. The van der Waals surface area contributed by atoms with E-state index in [2.05, 4.69) is 0 Å². The Bertz CT molecular complexity index is 847. The van der Waals surface area contributed by atoms with Crippen LogP contribution in [0.25, 0.3) is 0 Å². The lowest BCUT2D eigenvalue weighted by molar-refractivity contribution is -0.385. The molecule has 0 bridgehead atoms. The van der Waals surface area contributed by atoms with Gasteiger partial charge in [-0.25, -0.2) is 8.42 Å². The van der Waals surface area contributed by atoms with E-state index in [-0.39, 0.29) is 16.3 Å². The fourth-order valence-corrected chi connectivity index (χ4v) is 3.43. The zero-order valence-corrected chi connectivity index (χ0v) is 11.7. The lowest BCUT2D eigenvalue weighted by atomic mass is 10.3. The molecule has 21 heavy (non-hydrogen) atoms. The van der Waals surface area contributed by atoms with Crippen molar-refractivity contribution in [3.63, 3.8) is 0 Å². The summed E-state index contributed by atoms with van der Waals surface area (Å²) in [5.74, 6) is 0.438. The van der Waals surface area contributed by atoms with Gasteiger partial charge in [-0.05, 0) is 18.2 Å². The van der Waals surface area contributed by atoms with Crippen LogP contribution in [0.4, 0.5) is 11.4 Å². The summed E-state index contributed by atoms with van der Waals surface area (Å²) in [5, 5.41) is 10.8. The van der Waals surface area contributed by atoms with Crippen molar-refractivity contribution in [2.75, 3.05) is 11.4 Å². The predicted molar refractivity (Wildman–Crippen MR) is 75.2 cm³/mol. The third-order valence-corrected chi connectivity index (χ3v) is 4.99. The number of nitro groups is 1. The molecular formula is C13H10N2O5S. The van der Waals surface area contributed by atoms with Crippen molar-refractivity contribution in [1.29, 1.82) is 0 Å². The largest absolute Gasteiger partial charge is 0.454 e. The molecule has 0 radical (unpaired) electrons. The van der Waals surface area contributed by atoms with Crippen LogP contribution >= 0.6 is 0 Å². The van der Waals surface area contributed by atoms with Gasteiger partial charge in [0.2, 0.25) is 0 Å². The zero-order valence-electron chi connectivity index (χ0n) is 10.9. The van der Waals surface area contributed by atoms with E-state index in [1.54, 1.807) is 24.3 Å². The molecule has 0 amide bonds. The quantitative estimate of drug-likeness (QED) is 0.596. The molecule has 2 aromatic carbocycles. The van der Waals surface area contributed by atoms with Crippen molar-refractivity contribution in [3.05, 3.63) is 52.6 Å². The number of nitro benzene ring substituents is 1. The highest BCUT2D eigenvalue weighted by atomic mass is 32.2. The molecule has 1 aliphatic rings. The summed E-state index contributed by atoms with van der Waals surface area (Å²) in [5.41, 5.74) is 0.0663. The van der Waals surface area contributed by atoms with E-state index >= 15 is 0 Å². The standard InChI is InChI=1S/C13H10N2O5S/c1-14-10-4-2-3-5-11(10)20-12-7-6-9(15(16)17)8-13(12)21(14,18)19/h2-8H,1H3. The summed E-state index contributed by atoms with van der Waals surface area (Å²) in [6.45, 7) is 0. The normalized spacial score (nSPS) is 15.4. The highest BCUT2D eigenvalue weighted by molar-refractivity contribution is 7.93. The van der Waals surface area contributed by atoms with Crippen molar-refractivity contribution < 1.29 is 18.1 Å². The minimum atomic E-state index is -3.92. The Hall–Kier alpha value is -2.61. The van der Waals surface area contributed by atoms with Crippen molar-refractivity contribution in [1.82, 2.24) is 0 Å². The van der Waals surface area contributed by atoms with Crippen molar-refractivity contribution >= 4 is 21.4 Å². The summed E-state index contributed by atoms with van der Waals surface area (Å²) in [7, 11) is -2.54. The molecule has 0 N–H and O–H groups in total. The molecule has 8 heteroatoms. The van der Waals surface area contributed by atoms with Crippen LogP contribution in [0.5, 0.6) is 11.5 Å². The lowest BCUT2D eigenvalue weighted by Crippen LogP contribution is -2.25. The molecule has 0 saturated heterocycles. The molecule has 0 fully saturated rings. The first-order valence-electron chi connectivity index (χ1n) is 5.95. The highest BCUT2D eigenvalue weighted by Crippen LogP contribution is 2.42. The van der Waals surface area contributed by atoms with Crippen LogP contribution in [0.15, 0.2) is 47.4 Å². The van der Waals surface area contributed by atoms with E-state index in [9.17, 15) is 18.5 Å². The Kier molecular flexibility index (Phi) is 2.84. The van der Waals surface area contributed by atoms with Gasteiger partial charge in [-0.2, -0.15) is 0 Å². The van der Waals surface area contributed by atoms with E-state index in [4.69, 9.17) is 4.74 Å². The maximum absolute atomic E-state index is 12.6. The third kappa shape index (κ3) is 2.00. The van der Waals surface area contributed by atoms with Crippen molar-refractivity contribution in [2.45, 2.75) is 4.90 Å². The van der Waals surface area contributed by atoms with Crippen LogP contribution in [0.2, 0.25) is 0 Å². The fraction of sp³-hybridized carbons (Fsp3) is 0.0769. The molecule has 2 aromatic rings. The molecule has 3 rings (SSSR count). The summed E-state index contributed by atoms with van der Waals surface area (Å²) in [6.07, 6.45) is 0. The van der Waals surface area contributed by atoms with Gasteiger partial charge < -0.3 is 4.74 Å². The molecule has 0 saturated carbocycles. The molecule has 1 aliphatic heterocycles. The topological polar surface area (TPSA) is 89.8 Å². The Balaban J connectivity index is 2.30. The van der Waals surface area contributed by atoms with Gasteiger partial charge >= 0.3 is 0 Å². The van der Waals surface area contributed by atoms with E-state index < -0.39 is 14.9 Å². The van der Waals surface area contributed by atoms with Gasteiger partial charge in [0.25, 0.3) is 15.7 Å². The van der Waals surface area contributed by atoms with Gasteiger partial charge in [-0.3, -0.25) is 14.4 Å². The van der Waals surface area contributed by atoms with Gasteiger partial charge in [0.1, 0.15) is 10.6 Å². The number of ether oxygens (including phenoxy) is 1. The third-order valence-electron chi connectivity index (χ3n) is 3.20. The average molecular weight is 306 g/mol. The molecular weight excluding hydrogens is 296 g/mol. The number of benzene rings is 2. The number of nitrogens with zero attached hydrogens (tertiary/aromatic N) is 2. The molecule has 7 nitrogen and oxygen atoms in total. The van der Waals surface area contributed by atoms with Crippen LogP contribution in [0.3, 0.4) is 0 Å². The minimum Gasteiger partial charge on any atom is -0.454 e. The Morgan fingerprint density at radius 3 is 2.57 bits per heavy atom. The second kappa shape index (κ2) is 4.45. The smallest absolute Gasteiger partial charge is 0.271 e. The number of hydrogen-bond donors (Lipinski definition) is 0. The van der Waals surface area contributed by atoms with Crippen LogP contribution in [-0.4, -0.2) is 20.4 Å². The Labute approximate surface area is 120 Å². The maximum Gasteiger partial charge on any atom is 0.271 e. The summed E-state index contributed by atoms with van der Waals surface area (Å²) >= 11 is 0. The first kappa shape index (κ1) is 13.4. The Morgan fingerprint density at radius 2 is 1.86 bits per heavy atom. The average Bonchev–Trinajstić information content (AvgIpc) is 2.54. The predicted octanol–water partition coefficient (Wildman–Crippen LogP) is 2.53. The summed E-state index contributed by atoms with van der Waals surface area (Å²) in [6, 6.07) is 10.2. The van der Waals surface area contributed by atoms with Gasteiger partial charge in [-0.15, -0.1) is 0 Å². The number of anilines is 1. The number of fused-ring (bicyclic) bond motifs is 2. The SMILES string of the molecule is CN1c2ccccc2Oc2ccc([N+](=O)[O-])cc2S1(=O)=O. The van der Waals surface area contributed by atoms with Crippen LogP contribution in [-0.2, 0) is 10.0 Å². The molecule has 0 aliphatic carbocycles. The second-order valence-corrected chi connectivity index (χ2v) is 6.37. The molecule has 0 atom stereocenters. The lowest BCUT2D eigenvalue weighted by Gasteiger charge is -2.17. The second-order valence-electron chi connectivity index (χ2n) is 4.43. The molecule has 0 spiro atoms. The number of non-ortho nitro benzene ring substituents is 1. The van der Waals surface area contributed by atoms with Gasteiger partial charge in [0.05, 0.1) is 10.6 Å². The first-order chi connectivity index (χ1) is 9.91. The minimum absolute atomic E-state index is 0.0670. The van der Waals surface area contributed by atoms with Crippen molar-refractivity contribution in [2.24, 2.45) is 0 Å². The Morgan fingerprint density at radius 1 is 1.14 bits per heavy atom. The van der Waals surface area contributed by atoms with Crippen molar-refractivity contribution in [3.8, 4) is 11.5 Å². The number of rotatable bonds is 1. The van der Waals surface area contributed by atoms with E-state index in [0.29, 0.717) is 11.4 Å². The molecule has 1 heterocycles. The van der Waals surface area contributed by atoms with Gasteiger partial charge in [0.15, 0.2) is 5.75 Å². The molecule has 0 aromatic heterocycles. The molecule has 0 unspecified atom stereocenters. The highest BCUT2D eigenvalue weighted by Gasteiger charge is 2.32. The number of hydrogen-bond acceptors (Lipinski definition) is 5. The number of sulfonamides is 1. The summed E-state index contributed by atoms with van der Waals surface area (Å²) in [4.78, 5) is 9.97. The van der Waals surface area contributed by atoms with Gasteiger partial charge in [0, 0.05) is 19.2 Å². The van der Waals surface area contributed by atoms with Crippen LogP contribution in [0, 0.1) is 10.1 Å². The van der Waals surface area contributed by atoms with E-state index in [0.717, 1.165) is 10.4 Å². The van der Waals surface area contributed by atoms with Crippen LogP contribution < -0.4 is 9.04 Å². The maximum atomic E-state index is 12.6. The summed E-state index contributed by atoms with van der Waals surface area (Å²) < 4.78 is 31.8. The fourth-order valence-electron chi connectivity index (χ4n) is 2.10. The number of para-hydroxylation sites is 2. The van der Waals surface area contributed by atoms with Gasteiger partial charge in [-0.1, -0.05) is 12.1 Å². The zero-order chi connectivity index (χ0) is 15.2. The van der Waals surface area contributed by atoms with E-state index in [1.807, 2.05) is 0 Å². The molecule has 108 valence electrons.